The van der Waals surface area contributed by atoms with Gasteiger partial charge in [-0.3, -0.25) is 0 Å². The number of ether oxygens (including phenoxy) is 1. The zero-order valence-corrected chi connectivity index (χ0v) is 12.8. The van der Waals surface area contributed by atoms with Crippen LogP contribution in [0.5, 0.6) is 0 Å². The van der Waals surface area contributed by atoms with E-state index in [0.29, 0.717) is 24.9 Å². The lowest BCUT2D eigenvalue weighted by Crippen LogP contribution is -2.37. The molecule has 114 valence electrons. The summed E-state index contributed by atoms with van der Waals surface area (Å²) in [7, 11) is 0. The Morgan fingerprint density at radius 3 is 2.80 bits per heavy atom. The molecule has 1 atom stereocenters. The molecular formula is C13H25N5O2. The second-order valence-electron chi connectivity index (χ2n) is 4.27. The van der Waals surface area contributed by atoms with Crippen molar-refractivity contribution >= 4 is 5.96 Å². The molecule has 0 saturated heterocycles. The van der Waals surface area contributed by atoms with E-state index in [1.165, 1.54) is 0 Å². The number of hydrogen-bond acceptors (Lipinski definition) is 5. The van der Waals surface area contributed by atoms with E-state index < -0.39 is 0 Å². The molecule has 0 amide bonds. The average Bonchev–Trinajstić information content (AvgIpc) is 2.91. The standard InChI is InChI=1S/C13H25N5O2/c1-5-8-15-13(14-6-2)16-9-11-17-12(18-20-11)10(4)19-7-3/h10H,5-9H2,1-4H3,(H2,14,15,16). The van der Waals surface area contributed by atoms with Crippen LogP contribution in [0.1, 0.15) is 51.9 Å². The van der Waals surface area contributed by atoms with Crippen LogP contribution in [0.2, 0.25) is 0 Å². The number of guanidine groups is 1. The average molecular weight is 283 g/mol. The van der Waals surface area contributed by atoms with Crippen LogP contribution in [-0.2, 0) is 11.3 Å². The molecule has 0 fully saturated rings. The van der Waals surface area contributed by atoms with E-state index >= 15 is 0 Å². The van der Waals surface area contributed by atoms with Crippen LogP contribution < -0.4 is 10.6 Å². The van der Waals surface area contributed by atoms with Crippen LogP contribution in [0.3, 0.4) is 0 Å². The second-order valence-corrected chi connectivity index (χ2v) is 4.27. The summed E-state index contributed by atoms with van der Waals surface area (Å²) < 4.78 is 10.6. The Morgan fingerprint density at radius 2 is 2.15 bits per heavy atom. The maximum Gasteiger partial charge on any atom is 0.248 e. The van der Waals surface area contributed by atoms with Crippen molar-refractivity contribution in [3.63, 3.8) is 0 Å². The fourth-order valence-corrected chi connectivity index (χ4v) is 1.55. The van der Waals surface area contributed by atoms with Crippen LogP contribution in [0.25, 0.3) is 0 Å². The summed E-state index contributed by atoms with van der Waals surface area (Å²) in [6, 6.07) is 0. The van der Waals surface area contributed by atoms with E-state index in [0.717, 1.165) is 25.5 Å². The predicted molar refractivity (Wildman–Crippen MR) is 77.4 cm³/mol. The molecule has 2 N–H and O–H groups in total. The highest BCUT2D eigenvalue weighted by Crippen LogP contribution is 2.12. The van der Waals surface area contributed by atoms with Crippen molar-refractivity contribution in [2.24, 2.45) is 4.99 Å². The summed E-state index contributed by atoms with van der Waals surface area (Å²) in [5.74, 6) is 1.80. The minimum atomic E-state index is -0.159. The Bertz CT molecular complexity index is 405. The predicted octanol–water partition coefficient (Wildman–Crippen LogP) is 1.63. The highest BCUT2D eigenvalue weighted by atomic mass is 16.5. The Hall–Kier alpha value is -1.63. The molecule has 0 spiro atoms. The normalized spacial score (nSPS) is 13.3. The number of hydrogen-bond donors (Lipinski definition) is 2. The summed E-state index contributed by atoms with van der Waals surface area (Å²) in [6.07, 6.45) is 0.883. The largest absolute Gasteiger partial charge is 0.371 e. The first kappa shape index (κ1) is 16.4. The fraction of sp³-hybridized carbons (Fsp3) is 0.769. The topological polar surface area (TPSA) is 84.6 Å². The molecule has 0 aliphatic carbocycles. The maximum atomic E-state index is 5.41. The quantitative estimate of drug-likeness (QED) is 0.557. The van der Waals surface area contributed by atoms with Crippen LogP contribution in [0.15, 0.2) is 9.52 Å². The van der Waals surface area contributed by atoms with Gasteiger partial charge >= 0.3 is 0 Å². The van der Waals surface area contributed by atoms with Crippen molar-refractivity contribution in [1.29, 1.82) is 0 Å². The van der Waals surface area contributed by atoms with E-state index in [9.17, 15) is 0 Å². The molecule has 1 unspecified atom stereocenters. The van der Waals surface area contributed by atoms with Gasteiger partial charge in [-0.2, -0.15) is 4.98 Å². The molecule has 7 nitrogen and oxygen atoms in total. The van der Waals surface area contributed by atoms with E-state index in [4.69, 9.17) is 9.26 Å². The van der Waals surface area contributed by atoms with Crippen LogP contribution in [0.4, 0.5) is 0 Å². The van der Waals surface area contributed by atoms with Gasteiger partial charge in [0, 0.05) is 19.7 Å². The van der Waals surface area contributed by atoms with Gasteiger partial charge in [-0.25, -0.2) is 4.99 Å². The smallest absolute Gasteiger partial charge is 0.248 e. The van der Waals surface area contributed by atoms with Gasteiger partial charge < -0.3 is 19.9 Å². The molecule has 0 radical (unpaired) electrons. The van der Waals surface area contributed by atoms with Crippen molar-refractivity contribution in [1.82, 2.24) is 20.8 Å². The van der Waals surface area contributed by atoms with E-state index in [2.05, 4.69) is 32.7 Å². The van der Waals surface area contributed by atoms with Crippen molar-refractivity contribution in [3.05, 3.63) is 11.7 Å². The molecule has 1 heterocycles. The molecule has 0 aromatic carbocycles. The number of rotatable bonds is 8. The van der Waals surface area contributed by atoms with Crippen molar-refractivity contribution in [2.45, 2.75) is 46.8 Å². The van der Waals surface area contributed by atoms with Crippen LogP contribution in [0, 0.1) is 0 Å². The highest BCUT2D eigenvalue weighted by Gasteiger charge is 2.13. The lowest BCUT2D eigenvalue weighted by Gasteiger charge is -2.09. The van der Waals surface area contributed by atoms with Gasteiger partial charge in [0.15, 0.2) is 11.8 Å². The van der Waals surface area contributed by atoms with E-state index in [1.54, 1.807) is 0 Å². The third kappa shape index (κ3) is 5.56. The van der Waals surface area contributed by atoms with Gasteiger partial charge in [0.1, 0.15) is 12.6 Å². The second kappa shape index (κ2) is 9.30. The fourth-order valence-electron chi connectivity index (χ4n) is 1.55. The summed E-state index contributed by atoms with van der Waals surface area (Å²) in [5.41, 5.74) is 0. The molecular weight excluding hydrogens is 258 g/mol. The van der Waals surface area contributed by atoms with E-state index in [1.807, 2.05) is 20.8 Å². The molecule has 7 heteroatoms. The lowest BCUT2D eigenvalue weighted by atomic mass is 10.4. The van der Waals surface area contributed by atoms with Gasteiger partial charge in [0.2, 0.25) is 5.89 Å². The molecule has 20 heavy (non-hydrogen) atoms. The molecule has 0 aliphatic heterocycles. The first-order chi connectivity index (χ1) is 9.71. The Morgan fingerprint density at radius 1 is 1.35 bits per heavy atom. The van der Waals surface area contributed by atoms with Gasteiger partial charge in [0.05, 0.1) is 0 Å². The minimum Gasteiger partial charge on any atom is -0.371 e. The molecule has 0 aliphatic rings. The van der Waals surface area contributed by atoms with Crippen molar-refractivity contribution in [2.75, 3.05) is 19.7 Å². The number of nitrogens with zero attached hydrogens (tertiary/aromatic N) is 3. The van der Waals surface area contributed by atoms with Crippen molar-refractivity contribution < 1.29 is 9.26 Å². The Balaban J connectivity index is 2.57. The van der Waals surface area contributed by atoms with Gasteiger partial charge in [0.25, 0.3) is 0 Å². The van der Waals surface area contributed by atoms with Crippen LogP contribution in [-0.4, -0.2) is 35.8 Å². The third-order valence-corrected chi connectivity index (χ3v) is 2.52. The number of aliphatic imine (C=N–C) groups is 1. The molecule has 0 saturated carbocycles. The van der Waals surface area contributed by atoms with Gasteiger partial charge in [-0.15, -0.1) is 0 Å². The maximum absolute atomic E-state index is 5.41. The summed E-state index contributed by atoms with van der Waals surface area (Å²) in [6.45, 7) is 10.6. The lowest BCUT2D eigenvalue weighted by molar-refractivity contribution is 0.0683. The Labute approximate surface area is 120 Å². The first-order valence-corrected chi connectivity index (χ1v) is 7.17. The molecule has 1 rings (SSSR count). The third-order valence-electron chi connectivity index (χ3n) is 2.52. The first-order valence-electron chi connectivity index (χ1n) is 7.17. The van der Waals surface area contributed by atoms with Gasteiger partial charge in [-0.05, 0) is 27.2 Å². The molecule has 1 aromatic heterocycles. The SMILES string of the molecule is CCCNC(=NCc1nc(C(C)OCC)no1)NCC. The summed E-state index contributed by atoms with van der Waals surface area (Å²) in [4.78, 5) is 8.67. The van der Waals surface area contributed by atoms with E-state index in [-0.39, 0.29) is 6.10 Å². The van der Waals surface area contributed by atoms with Crippen LogP contribution >= 0.6 is 0 Å². The molecule has 0 bridgehead atoms. The number of nitrogens with one attached hydrogen (secondary N) is 2. The monoisotopic (exact) mass is 283 g/mol. The number of aromatic nitrogens is 2. The zero-order chi connectivity index (χ0) is 14.8. The van der Waals surface area contributed by atoms with Gasteiger partial charge in [-0.1, -0.05) is 12.1 Å². The minimum absolute atomic E-state index is 0.159. The highest BCUT2D eigenvalue weighted by molar-refractivity contribution is 5.79. The summed E-state index contributed by atoms with van der Waals surface area (Å²) in [5, 5.41) is 10.3. The summed E-state index contributed by atoms with van der Waals surface area (Å²) >= 11 is 0. The Kier molecular flexibility index (Phi) is 7.64. The molecule has 1 aromatic rings. The van der Waals surface area contributed by atoms with Crippen molar-refractivity contribution in [3.8, 4) is 0 Å². The zero-order valence-electron chi connectivity index (χ0n) is 12.8.